The summed E-state index contributed by atoms with van der Waals surface area (Å²) in [6, 6.07) is 2.81. The molecule has 0 bridgehead atoms. The van der Waals surface area contributed by atoms with E-state index >= 15 is 0 Å². The van der Waals surface area contributed by atoms with Gasteiger partial charge in [-0.1, -0.05) is 25.6 Å². The normalized spacial score (nSPS) is 18.6. The smallest absolute Gasteiger partial charge is 0.277 e. The van der Waals surface area contributed by atoms with Gasteiger partial charge in [-0.15, -0.1) is 0 Å². The van der Waals surface area contributed by atoms with Gasteiger partial charge in [-0.2, -0.15) is 0 Å². The van der Waals surface area contributed by atoms with Gasteiger partial charge in [0.2, 0.25) is 6.79 Å². The largest absolute Gasteiger partial charge is 0.454 e. The highest BCUT2D eigenvalue weighted by Gasteiger charge is 2.41. The lowest BCUT2D eigenvalue weighted by Gasteiger charge is -2.32. The third-order valence-electron chi connectivity index (χ3n) is 6.20. The van der Waals surface area contributed by atoms with Crippen molar-refractivity contribution in [3.63, 3.8) is 0 Å². The van der Waals surface area contributed by atoms with Crippen molar-refractivity contribution in [3.8, 4) is 11.5 Å². The molecule has 10 nitrogen and oxygen atoms in total. The zero-order valence-corrected chi connectivity index (χ0v) is 19.6. The second kappa shape index (κ2) is 8.79. The molecule has 1 aromatic heterocycles. The van der Waals surface area contributed by atoms with E-state index in [1.165, 1.54) is 23.9 Å². The molecule has 11 heteroatoms. The van der Waals surface area contributed by atoms with Crippen LogP contribution in [0.15, 0.2) is 33.4 Å². The van der Waals surface area contributed by atoms with E-state index in [0.29, 0.717) is 53.2 Å². The molecule has 2 aliphatic heterocycles. The minimum atomic E-state index is -0.931. The fourth-order valence-electron chi connectivity index (χ4n) is 4.55. The van der Waals surface area contributed by atoms with E-state index in [2.05, 4.69) is 29.1 Å². The SMILES string of the molecule is CC(C)CCSc1nc2c(c(=O)[nH]1)C(c1cc3c(cc1[N+](=O)[O-])OCO3)C1=C(CCCC1=O)N2. The Balaban J connectivity index is 1.68. The molecule has 34 heavy (non-hydrogen) atoms. The number of ketones is 1. The average Bonchev–Trinajstić information content (AvgIpc) is 3.24. The van der Waals surface area contributed by atoms with Crippen LogP contribution in [0, 0.1) is 16.0 Å². The number of nitro groups is 1. The third kappa shape index (κ3) is 3.93. The van der Waals surface area contributed by atoms with Crippen molar-refractivity contribution in [1.29, 1.82) is 0 Å². The summed E-state index contributed by atoms with van der Waals surface area (Å²) >= 11 is 1.45. The Hall–Kier alpha value is -3.34. The van der Waals surface area contributed by atoms with E-state index in [9.17, 15) is 19.7 Å². The molecule has 2 N–H and O–H groups in total. The zero-order chi connectivity index (χ0) is 24.0. The lowest BCUT2D eigenvalue weighted by molar-refractivity contribution is -0.385. The molecule has 3 heterocycles. The first-order valence-corrected chi connectivity index (χ1v) is 12.2. The van der Waals surface area contributed by atoms with E-state index in [4.69, 9.17) is 9.47 Å². The van der Waals surface area contributed by atoms with E-state index in [-0.39, 0.29) is 35.1 Å². The van der Waals surface area contributed by atoms with E-state index < -0.39 is 16.4 Å². The van der Waals surface area contributed by atoms with Gasteiger partial charge in [0.25, 0.3) is 11.2 Å². The molecule has 1 aliphatic carbocycles. The number of nitro benzene ring substituents is 1. The molecule has 3 aliphatic rings. The number of Topliss-reactive ketones (excluding diaryl/α,β-unsaturated/α-hetero) is 1. The quantitative estimate of drug-likeness (QED) is 0.269. The van der Waals surface area contributed by atoms with Crippen molar-refractivity contribution < 1.29 is 19.2 Å². The van der Waals surface area contributed by atoms with Crippen LogP contribution in [-0.4, -0.2) is 33.2 Å². The van der Waals surface area contributed by atoms with Crippen LogP contribution in [0.1, 0.15) is 56.6 Å². The zero-order valence-electron chi connectivity index (χ0n) is 18.8. The number of benzene rings is 1. The minimum Gasteiger partial charge on any atom is -0.454 e. The number of aromatic amines is 1. The lowest BCUT2D eigenvalue weighted by Crippen LogP contribution is -2.33. The number of hydrogen-bond acceptors (Lipinski definition) is 9. The Morgan fingerprint density at radius 2 is 2.00 bits per heavy atom. The number of anilines is 1. The molecule has 0 fully saturated rings. The fourth-order valence-corrected chi connectivity index (χ4v) is 5.65. The predicted octanol–water partition coefficient (Wildman–Crippen LogP) is 4.11. The number of hydrogen-bond donors (Lipinski definition) is 2. The Bertz CT molecular complexity index is 1280. The Morgan fingerprint density at radius 3 is 2.74 bits per heavy atom. The second-order valence-corrected chi connectivity index (χ2v) is 10.00. The number of aromatic nitrogens is 2. The van der Waals surface area contributed by atoms with Crippen LogP contribution < -0.4 is 20.3 Å². The standard InChI is InChI=1S/C23H24N4O6S/c1-11(2)6-7-34-23-25-21-20(22(29)26-23)18(19-13(24-21)4-3-5-15(19)28)12-8-16-17(33-10-32-16)9-14(12)27(30)31/h8-9,11,18H,3-7,10H2,1-2H3,(H2,24,25,26,29). The van der Waals surface area contributed by atoms with Crippen molar-refractivity contribution in [2.45, 2.75) is 50.6 Å². The summed E-state index contributed by atoms with van der Waals surface area (Å²) < 4.78 is 10.8. The number of allylic oxidation sites excluding steroid dienone is 2. The van der Waals surface area contributed by atoms with Gasteiger partial charge in [-0.05, 0) is 31.2 Å². The maximum atomic E-state index is 13.4. The van der Waals surface area contributed by atoms with Crippen molar-refractivity contribution in [1.82, 2.24) is 9.97 Å². The number of carbonyl (C=O) groups excluding carboxylic acids is 1. The monoisotopic (exact) mass is 484 g/mol. The van der Waals surface area contributed by atoms with Gasteiger partial charge in [-0.3, -0.25) is 19.7 Å². The minimum absolute atomic E-state index is 0.0509. The van der Waals surface area contributed by atoms with Gasteiger partial charge >= 0.3 is 0 Å². The van der Waals surface area contributed by atoms with Crippen LogP contribution >= 0.6 is 11.8 Å². The highest BCUT2D eigenvalue weighted by Crippen LogP contribution is 2.49. The van der Waals surface area contributed by atoms with Crippen molar-refractivity contribution in [2.24, 2.45) is 5.92 Å². The van der Waals surface area contributed by atoms with Crippen LogP contribution in [-0.2, 0) is 4.79 Å². The second-order valence-electron chi connectivity index (χ2n) is 8.91. The number of nitrogens with zero attached hydrogens (tertiary/aromatic N) is 2. The number of ether oxygens (including phenoxy) is 2. The number of rotatable bonds is 6. The summed E-state index contributed by atoms with van der Waals surface area (Å²) in [4.78, 5) is 45.4. The molecule has 1 atom stereocenters. The number of thioether (sulfide) groups is 1. The van der Waals surface area contributed by atoms with Gasteiger partial charge in [0, 0.05) is 29.0 Å². The fraction of sp³-hybridized carbons (Fsp3) is 0.435. The Labute approximate surface area is 199 Å². The van der Waals surface area contributed by atoms with Gasteiger partial charge in [0.05, 0.1) is 22.5 Å². The van der Waals surface area contributed by atoms with Gasteiger partial charge in [0.15, 0.2) is 22.4 Å². The number of nitrogens with one attached hydrogen (secondary N) is 2. The molecule has 0 radical (unpaired) electrons. The van der Waals surface area contributed by atoms with Crippen LogP contribution in [0.5, 0.6) is 11.5 Å². The van der Waals surface area contributed by atoms with Gasteiger partial charge in [-0.25, -0.2) is 4.98 Å². The summed E-state index contributed by atoms with van der Waals surface area (Å²) in [5.74, 6) is 1.19. The van der Waals surface area contributed by atoms with E-state index in [1.807, 2.05) is 0 Å². The summed E-state index contributed by atoms with van der Waals surface area (Å²) in [5, 5.41) is 15.7. The third-order valence-corrected chi connectivity index (χ3v) is 7.11. The van der Waals surface area contributed by atoms with Crippen LogP contribution in [0.25, 0.3) is 0 Å². The lowest BCUT2D eigenvalue weighted by atomic mass is 9.76. The van der Waals surface area contributed by atoms with Crippen LogP contribution in [0.2, 0.25) is 0 Å². The van der Waals surface area contributed by atoms with Crippen LogP contribution in [0.3, 0.4) is 0 Å². The molecular weight excluding hydrogens is 460 g/mol. The maximum Gasteiger partial charge on any atom is 0.277 e. The Kier molecular flexibility index (Phi) is 5.80. The summed E-state index contributed by atoms with van der Waals surface area (Å²) in [7, 11) is 0. The first-order chi connectivity index (χ1) is 16.3. The summed E-state index contributed by atoms with van der Waals surface area (Å²) in [5.41, 5.74) is 0.801. The van der Waals surface area contributed by atoms with Crippen molar-refractivity contribution in [2.75, 3.05) is 17.9 Å². The van der Waals surface area contributed by atoms with Crippen molar-refractivity contribution >= 4 is 29.1 Å². The molecule has 2 aromatic rings. The first kappa shape index (κ1) is 22.5. The molecule has 178 valence electrons. The summed E-state index contributed by atoms with van der Waals surface area (Å²) in [6.07, 6.45) is 2.54. The number of carbonyl (C=O) groups is 1. The molecule has 1 aromatic carbocycles. The first-order valence-electron chi connectivity index (χ1n) is 11.2. The predicted molar refractivity (Wildman–Crippen MR) is 126 cm³/mol. The maximum absolute atomic E-state index is 13.4. The highest BCUT2D eigenvalue weighted by atomic mass is 32.2. The average molecular weight is 485 g/mol. The van der Waals surface area contributed by atoms with Crippen LogP contribution in [0.4, 0.5) is 11.5 Å². The molecule has 0 spiro atoms. The summed E-state index contributed by atoms with van der Waals surface area (Å²) in [6.45, 7) is 4.20. The molecule has 5 rings (SSSR count). The molecule has 0 saturated heterocycles. The number of fused-ring (bicyclic) bond motifs is 2. The van der Waals surface area contributed by atoms with Gasteiger partial charge < -0.3 is 19.8 Å². The topological polar surface area (TPSA) is 136 Å². The molecule has 0 saturated carbocycles. The van der Waals surface area contributed by atoms with Gasteiger partial charge in [0.1, 0.15) is 5.82 Å². The molecule has 0 amide bonds. The van der Waals surface area contributed by atoms with Crippen molar-refractivity contribution in [3.05, 3.63) is 55.0 Å². The van der Waals surface area contributed by atoms with E-state index in [1.54, 1.807) is 0 Å². The number of H-pyrrole nitrogens is 1. The Morgan fingerprint density at radius 1 is 1.24 bits per heavy atom. The molecule has 1 unspecified atom stereocenters. The highest BCUT2D eigenvalue weighted by molar-refractivity contribution is 7.99. The van der Waals surface area contributed by atoms with E-state index in [0.717, 1.165) is 12.2 Å². The molecular formula is C23H24N4O6S.